The van der Waals surface area contributed by atoms with Crippen LogP contribution in [-0.2, 0) is 20.1 Å². The average molecular weight is 1130 g/mol. The molecule has 3 aromatic carbocycles. The number of aliphatic imine (C=N–C) groups is 3. The molecule has 3 heterocycles. The molecule has 58 heavy (non-hydrogen) atoms. The van der Waals surface area contributed by atoms with Crippen LogP contribution in [0.15, 0.2) is 138 Å². The Bertz CT molecular complexity index is 2220. The van der Waals surface area contributed by atoms with Crippen LogP contribution in [-0.4, -0.2) is 48.7 Å². The van der Waals surface area contributed by atoms with Crippen LogP contribution in [0.5, 0.6) is 0 Å². The summed E-state index contributed by atoms with van der Waals surface area (Å²) in [6.07, 6.45) is 7.59. The maximum atomic E-state index is 5.55. The van der Waals surface area contributed by atoms with Crippen molar-refractivity contribution in [3.05, 3.63) is 158 Å². The predicted octanol–water partition coefficient (Wildman–Crippen LogP) is 12.8. The molecule has 6 aromatic rings. The van der Waals surface area contributed by atoms with Crippen LogP contribution in [0.1, 0.15) is 77.5 Å². The summed E-state index contributed by atoms with van der Waals surface area (Å²) in [5.74, 6) is 0. The number of pyridine rings is 3. The second-order valence-electron chi connectivity index (χ2n) is 15.6. The molecule has 1 aliphatic rings. The third-order valence-corrected chi connectivity index (χ3v) is 12.3. The Kier molecular flexibility index (Phi) is 13.8. The predicted molar refractivity (Wildman–Crippen MR) is 244 cm³/mol. The van der Waals surface area contributed by atoms with Crippen LogP contribution in [0.4, 0.5) is 0 Å². The molecule has 1 fully saturated rings. The van der Waals surface area contributed by atoms with Crippen molar-refractivity contribution in [1.82, 2.24) is 15.0 Å². The van der Waals surface area contributed by atoms with Crippen molar-refractivity contribution in [3.8, 4) is 33.8 Å². The molecule has 7 rings (SSSR count). The van der Waals surface area contributed by atoms with E-state index in [4.69, 9.17) is 15.0 Å². The van der Waals surface area contributed by atoms with Gasteiger partial charge in [0.25, 0.3) is 0 Å². The third-order valence-electron chi connectivity index (χ3n) is 10.3. The van der Waals surface area contributed by atoms with Gasteiger partial charge in [0.2, 0.25) is 0 Å². The van der Waals surface area contributed by atoms with Gasteiger partial charge in [-0.3, -0.25) is 15.0 Å². The minimum absolute atomic E-state index is 0. The van der Waals surface area contributed by atoms with Crippen molar-refractivity contribution >= 4 is 64.9 Å². The summed E-state index contributed by atoms with van der Waals surface area (Å²) in [6.45, 7) is 13.0. The summed E-state index contributed by atoms with van der Waals surface area (Å²) in [5.41, 5.74) is 9.61. The smallest absolute Gasteiger partial charge is 0.305 e. The van der Waals surface area contributed by atoms with Crippen LogP contribution in [0.3, 0.4) is 0 Å². The topological polar surface area (TPSA) is 75.8 Å². The maximum Gasteiger partial charge on any atom is 3.00 e. The number of nitrogens with zero attached hydrogens (tertiary/aromatic N) is 6. The maximum absolute atomic E-state index is 5.55. The van der Waals surface area contributed by atoms with Crippen molar-refractivity contribution in [2.75, 3.05) is 0 Å². The number of halogens is 3. The van der Waals surface area contributed by atoms with E-state index < -0.39 is 16.6 Å². The van der Waals surface area contributed by atoms with Gasteiger partial charge in [0, 0.05) is 18.6 Å². The molecule has 0 amide bonds. The van der Waals surface area contributed by atoms with Gasteiger partial charge in [-0.15, -0.1) is 71.3 Å². The normalized spacial score (nSPS) is 21.4. The summed E-state index contributed by atoms with van der Waals surface area (Å²) in [5, 5.41) is 0. The molecule has 6 nitrogen and oxygen atoms in total. The van der Waals surface area contributed by atoms with E-state index in [-0.39, 0.29) is 20.1 Å². The first-order valence-electron chi connectivity index (χ1n) is 18.8. The molecule has 10 heteroatoms. The largest absolute Gasteiger partial charge is 3.00 e. The molecule has 0 radical (unpaired) electrons. The Morgan fingerprint density at radius 3 is 1.00 bits per heavy atom. The number of rotatable bonds is 9. The number of hydrogen-bond acceptors (Lipinski definition) is 6. The van der Waals surface area contributed by atoms with Crippen LogP contribution in [0, 0.1) is 18.2 Å². The van der Waals surface area contributed by atoms with Gasteiger partial charge < -0.3 is 15.0 Å². The minimum atomic E-state index is -0.503. The van der Waals surface area contributed by atoms with Gasteiger partial charge in [-0.25, -0.2) is 0 Å². The number of hydrogen-bond donors (Lipinski definition) is 0. The molecule has 3 aromatic heterocycles. The zero-order valence-electron chi connectivity index (χ0n) is 33.2. The summed E-state index contributed by atoms with van der Waals surface area (Å²) in [7, 11) is 0. The first kappa shape index (κ1) is 43.8. The zero-order chi connectivity index (χ0) is 40.4. The van der Waals surface area contributed by atoms with E-state index in [0.717, 1.165) is 100 Å². The Balaban J connectivity index is 0.00000567. The number of aromatic nitrogens is 3. The summed E-state index contributed by atoms with van der Waals surface area (Å²) >= 11 is 11.5. The van der Waals surface area contributed by atoms with E-state index >= 15 is 0 Å². The molecular formula is C48H42Br3IrN6. The molecule has 0 unspecified atom stereocenters. The second-order valence-corrected chi connectivity index (χ2v) is 18.1. The fraction of sp³-hybridized carbons (Fsp3) is 0.250. The molecule has 0 aliphatic heterocycles. The Hall–Kier alpha value is -3.79. The van der Waals surface area contributed by atoms with Gasteiger partial charge in [-0.05, 0) is 113 Å². The van der Waals surface area contributed by atoms with E-state index in [1.165, 1.54) is 0 Å². The Morgan fingerprint density at radius 1 is 0.500 bits per heavy atom. The minimum Gasteiger partial charge on any atom is -0.305 e. The van der Waals surface area contributed by atoms with E-state index in [9.17, 15) is 0 Å². The van der Waals surface area contributed by atoms with Gasteiger partial charge in [0.05, 0.1) is 16.6 Å². The summed E-state index contributed by atoms with van der Waals surface area (Å²) in [6, 6.07) is 40.2. The first-order chi connectivity index (χ1) is 27.2. The average Bonchev–Trinajstić information content (AvgIpc) is 3.17. The van der Waals surface area contributed by atoms with Crippen molar-refractivity contribution in [2.45, 2.75) is 77.4 Å². The Morgan fingerprint density at radius 2 is 0.776 bits per heavy atom. The van der Waals surface area contributed by atoms with Gasteiger partial charge in [-0.1, -0.05) is 114 Å². The fourth-order valence-electron chi connectivity index (χ4n) is 8.52. The fourth-order valence-corrected chi connectivity index (χ4v) is 10.4. The van der Waals surface area contributed by atoms with Crippen molar-refractivity contribution < 1.29 is 20.1 Å². The SMILES string of the molecule is CC(=NC1(C)CC(C)(N=C(C)c2c[c-]c(-c3ccccn3)cc2Br)CC(C)(N=C(C)c2c[c-]c(-c3ccccn3)cc2Br)C1)c1c[c-]c(-c2ccccn2)cc1Br.[Ir+3]. The summed E-state index contributed by atoms with van der Waals surface area (Å²) < 4.78 is 2.84. The van der Waals surface area contributed by atoms with Crippen molar-refractivity contribution in [3.63, 3.8) is 0 Å². The molecular weight excluding hydrogens is 1090 g/mol. The molecule has 0 atom stereocenters. The van der Waals surface area contributed by atoms with E-state index in [1.54, 1.807) is 18.6 Å². The van der Waals surface area contributed by atoms with Gasteiger partial charge in [0.1, 0.15) is 0 Å². The molecule has 1 saturated carbocycles. The quantitative estimate of drug-likeness (QED) is 0.107. The standard InChI is InChI=1S/C48H42Br3N6.Ir/c1-31(37-19-16-34(25-40(37)49)43-13-7-10-22-52-43)55-46(4)28-47(5,56-32(2)38-20-17-35(26-41(38)50)44-14-8-11-23-53-44)30-48(6,29-46)57-33(3)39-21-18-36(27-42(39)51)45-15-9-12-24-54-45;/h7-15,19-27H,28-30H2,1-6H3;/q-3;+3. The van der Waals surface area contributed by atoms with Crippen LogP contribution in [0.2, 0.25) is 0 Å². The Labute approximate surface area is 381 Å². The molecule has 294 valence electrons. The van der Waals surface area contributed by atoms with Crippen LogP contribution >= 0.6 is 47.8 Å². The van der Waals surface area contributed by atoms with E-state index in [1.807, 2.05) is 72.8 Å². The van der Waals surface area contributed by atoms with E-state index in [2.05, 4.69) is 141 Å². The van der Waals surface area contributed by atoms with Crippen LogP contribution < -0.4 is 0 Å². The zero-order valence-corrected chi connectivity index (χ0v) is 40.3. The van der Waals surface area contributed by atoms with Crippen molar-refractivity contribution in [1.29, 1.82) is 0 Å². The van der Waals surface area contributed by atoms with Crippen LogP contribution in [0.25, 0.3) is 33.8 Å². The monoisotopic (exact) mass is 1130 g/mol. The molecule has 0 saturated heterocycles. The van der Waals surface area contributed by atoms with Gasteiger partial charge >= 0.3 is 20.1 Å². The van der Waals surface area contributed by atoms with Crippen molar-refractivity contribution in [2.24, 2.45) is 15.0 Å². The van der Waals surface area contributed by atoms with Gasteiger partial charge in [-0.2, -0.15) is 0 Å². The second kappa shape index (κ2) is 18.2. The third kappa shape index (κ3) is 10.1. The van der Waals surface area contributed by atoms with Gasteiger partial charge in [0.15, 0.2) is 0 Å². The first-order valence-corrected chi connectivity index (χ1v) is 21.2. The summed E-state index contributed by atoms with van der Waals surface area (Å²) in [4.78, 5) is 30.2. The van der Waals surface area contributed by atoms with E-state index in [0.29, 0.717) is 0 Å². The molecule has 0 spiro atoms. The molecule has 0 bridgehead atoms. The molecule has 0 N–H and O–H groups in total. The molecule has 1 aliphatic carbocycles. The number of benzene rings is 3.